The van der Waals surface area contributed by atoms with Gasteiger partial charge in [0.2, 0.25) is 0 Å². The van der Waals surface area contributed by atoms with Gasteiger partial charge in [-0.3, -0.25) is 9.80 Å². The van der Waals surface area contributed by atoms with Gasteiger partial charge < -0.3 is 0 Å². The van der Waals surface area contributed by atoms with Crippen LogP contribution >= 0.6 is 0 Å². The molecule has 2 fully saturated rings. The quantitative estimate of drug-likeness (QED) is 0.586. The Morgan fingerprint density at radius 2 is 1.04 bits per heavy atom. The lowest BCUT2D eigenvalue weighted by Gasteiger charge is -2.43. The summed E-state index contributed by atoms with van der Waals surface area (Å²) in [7, 11) is 0. The monoisotopic (exact) mass is 324 g/mol. The van der Waals surface area contributed by atoms with Crippen LogP contribution in [0.3, 0.4) is 0 Å². The van der Waals surface area contributed by atoms with Gasteiger partial charge in [0.05, 0.1) is 0 Å². The Hall–Kier alpha value is -0.0800. The summed E-state index contributed by atoms with van der Waals surface area (Å²) in [4.78, 5) is 5.19. The van der Waals surface area contributed by atoms with Crippen molar-refractivity contribution < 1.29 is 0 Å². The Bertz CT molecular complexity index is 328. The Morgan fingerprint density at radius 3 is 1.39 bits per heavy atom. The number of hydrogen-bond donors (Lipinski definition) is 0. The molecule has 0 saturated carbocycles. The second kappa shape index (κ2) is 7.87. The number of hydrogen-bond acceptors (Lipinski definition) is 2. The molecule has 2 saturated heterocycles. The molecule has 0 atom stereocenters. The third-order valence-electron chi connectivity index (χ3n) is 5.80. The summed E-state index contributed by atoms with van der Waals surface area (Å²) in [6, 6.07) is 0. The summed E-state index contributed by atoms with van der Waals surface area (Å²) in [5.74, 6) is 0.952. The van der Waals surface area contributed by atoms with Crippen molar-refractivity contribution in [1.82, 2.24) is 9.80 Å². The van der Waals surface area contributed by atoms with Crippen molar-refractivity contribution in [1.29, 1.82) is 0 Å². The molecule has 2 heteroatoms. The van der Waals surface area contributed by atoms with Crippen LogP contribution in [-0.4, -0.2) is 47.1 Å². The molecule has 2 heterocycles. The summed E-state index contributed by atoms with van der Waals surface area (Å²) in [6.07, 6.45) is 5.48. The Labute approximate surface area is 147 Å². The lowest BCUT2D eigenvalue weighted by molar-refractivity contribution is 0.0591. The normalized spacial score (nSPS) is 24.9. The van der Waals surface area contributed by atoms with Crippen molar-refractivity contribution in [2.45, 2.75) is 99.1 Å². The van der Waals surface area contributed by atoms with Gasteiger partial charge in [-0.05, 0) is 105 Å². The average molecular weight is 325 g/mol. The molecule has 0 bridgehead atoms. The van der Waals surface area contributed by atoms with Crippen LogP contribution < -0.4 is 0 Å². The smallest absolute Gasteiger partial charge is 0.0125 e. The number of nitrogens with zero attached hydrogens (tertiary/aromatic N) is 2. The van der Waals surface area contributed by atoms with E-state index in [0.29, 0.717) is 16.5 Å². The fourth-order valence-corrected chi connectivity index (χ4v) is 3.46. The van der Waals surface area contributed by atoms with Crippen molar-refractivity contribution in [3.05, 3.63) is 0 Å². The van der Waals surface area contributed by atoms with Crippen LogP contribution in [0.1, 0.15) is 88.0 Å². The van der Waals surface area contributed by atoms with Crippen molar-refractivity contribution >= 4 is 0 Å². The Morgan fingerprint density at radius 1 is 0.696 bits per heavy atom. The van der Waals surface area contributed by atoms with Gasteiger partial charge in [0.1, 0.15) is 0 Å². The minimum Gasteiger partial charge on any atom is -0.298 e. The maximum atomic E-state index is 2.60. The fourth-order valence-electron chi connectivity index (χ4n) is 3.46. The molecule has 23 heavy (non-hydrogen) atoms. The third kappa shape index (κ3) is 7.56. The maximum Gasteiger partial charge on any atom is 0.0125 e. The molecular formula is C21H44N2. The minimum absolute atomic E-state index is 0.372. The average Bonchev–Trinajstić information content (AvgIpc) is 2.37. The Balaban J connectivity index is 0.000000231. The molecular weight excluding hydrogens is 280 g/mol. The summed E-state index contributed by atoms with van der Waals surface area (Å²) < 4.78 is 0. The van der Waals surface area contributed by atoms with E-state index < -0.39 is 0 Å². The van der Waals surface area contributed by atoms with E-state index in [2.05, 4.69) is 72.1 Å². The van der Waals surface area contributed by atoms with E-state index in [1.54, 1.807) is 0 Å². The zero-order valence-electron chi connectivity index (χ0n) is 17.6. The third-order valence-corrected chi connectivity index (χ3v) is 5.80. The first-order chi connectivity index (χ1) is 10.3. The number of piperidine rings is 2. The summed E-state index contributed by atoms with van der Waals surface area (Å²) >= 11 is 0. The molecule has 0 aromatic rings. The molecule has 2 aliphatic rings. The van der Waals surface area contributed by atoms with E-state index >= 15 is 0 Å². The fraction of sp³-hybridized carbons (Fsp3) is 1.00. The number of rotatable bonds is 0. The lowest BCUT2D eigenvalue weighted by Crippen LogP contribution is -2.47. The van der Waals surface area contributed by atoms with Gasteiger partial charge in [-0.25, -0.2) is 0 Å². The first-order valence-electron chi connectivity index (χ1n) is 9.81. The van der Waals surface area contributed by atoms with Crippen LogP contribution in [0.5, 0.6) is 0 Å². The molecule has 2 nitrogen and oxygen atoms in total. The van der Waals surface area contributed by atoms with Gasteiger partial charge in [-0.2, -0.15) is 0 Å². The van der Waals surface area contributed by atoms with Crippen LogP contribution in [0.15, 0.2) is 0 Å². The van der Waals surface area contributed by atoms with Gasteiger partial charge in [-0.15, -0.1) is 0 Å². The largest absolute Gasteiger partial charge is 0.298 e. The summed E-state index contributed by atoms with van der Waals surface area (Å²) in [5.41, 5.74) is 1.35. The summed E-state index contributed by atoms with van der Waals surface area (Å²) in [5, 5.41) is 0. The zero-order valence-corrected chi connectivity index (χ0v) is 17.6. The first-order valence-corrected chi connectivity index (χ1v) is 9.81. The molecule has 0 amide bonds. The van der Waals surface area contributed by atoms with Gasteiger partial charge in [0.15, 0.2) is 0 Å². The molecule has 0 aromatic carbocycles. The molecule has 2 rings (SSSR count). The molecule has 0 aliphatic carbocycles. The second-order valence-electron chi connectivity index (χ2n) is 10.7. The van der Waals surface area contributed by atoms with Crippen molar-refractivity contribution in [2.75, 3.05) is 26.2 Å². The van der Waals surface area contributed by atoms with Crippen LogP contribution in [0.2, 0.25) is 0 Å². The second-order valence-corrected chi connectivity index (χ2v) is 10.7. The van der Waals surface area contributed by atoms with Crippen LogP contribution in [0.25, 0.3) is 0 Å². The highest BCUT2D eigenvalue weighted by molar-refractivity contribution is 4.85. The van der Waals surface area contributed by atoms with Gasteiger partial charge in [0, 0.05) is 11.1 Å². The summed E-state index contributed by atoms with van der Waals surface area (Å²) in [6.45, 7) is 26.1. The maximum absolute atomic E-state index is 2.60. The predicted molar refractivity (Wildman–Crippen MR) is 104 cm³/mol. The van der Waals surface area contributed by atoms with Gasteiger partial charge in [0.25, 0.3) is 0 Å². The van der Waals surface area contributed by atoms with E-state index in [4.69, 9.17) is 0 Å². The minimum atomic E-state index is 0.372. The van der Waals surface area contributed by atoms with Crippen LogP contribution in [0.4, 0.5) is 0 Å². The number of likely N-dealkylation sites (tertiary alicyclic amines) is 2. The molecule has 0 radical (unpaired) electrons. The van der Waals surface area contributed by atoms with Gasteiger partial charge in [-0.1, -0.05) is 20.8 Å². The highest BCUT2D eigenvalue weighted by Gasteiger charge is 2.30. The van der Waals surface area contributed by atoms with Crippen LogP contribution in [-0.2, 0) is 0 Å². The SMILES string of the molecule is CC1(C)CCN(C(C)(C)C)CC1.CC1CCN(C(C)(C)C)CC1. The predicted octanol–water partition coefficient (Wildman–Crippen LogP) is 5.42. The topological polar surface area (TPSA) is 6.48 Å². The van der Waals surface area contributed by atoms with Crippen molar-refractivity contribution in [2.24, 2.45) is 11.3 Å². The molecule has 138 valence electrons. The standard InChI is InChI=1S/C11H23N.C10H21N/c1-10(2,3)12-8-6-11(4,5)7-9-12;1-9-5-7-11(8-6-9)10(2,3)4/h6-9H2,1-5H3;9H,5-8H2,1-4H3. The Kier molecular flexibility index (Phi) is 7.17. The highest BCUT2D eigenvalue weighted by atomic mass is 15.2. The zero-order chi connectivity index (χ0) is 17.9. The molecule has 0 aromatic heterocycles. The molecule has 0 unspecified atom stereocenters. The van der Waals surface area contributed by atoms with Crippen molar-refractivity contribution in [3.63, 3.8) is 0 Å². The highest BCUT2D eigenvalue weighted by Crippen LogP contribution is 2.32. The lowest BCUT2D eigenvalue weighted by atomic mass is 9.81. The van der Waals surface area contributed by atoms with Crippen molar-refractivity contribution in [3.8, 4) is 0 Å². The van der Waals surface area contributed by atoms with Crippen LogP contribution in [0, 0.1) is 11.3 Å². The van der Waals surface area contributed by atoms with E-state index in [-0.39, 0.29) is 0 Å². The molecule has 0 spiro atoms. The van der Waals surface area contributed by atoms with E-state index in [0.717, 1.165) is 5.92 Å². The van der Waals surface area contributed by atoms with E-state index in [1.165, 1.54) is 51.9 Å². The van der Waals surface area contributed by atoms with E-state index in [1.807, 2.05) is 0 Å². The molecule has 2 aliphatic heterocycles. The molecule has 0 N–H and O–H groups in total. The van der Waals surface area contributed by atoms with E-state index in [9.17, 15) is 0 Å². The van der Waals surface area contributed by atoms with Gasteiger partial charge >= 0.3 is 0 Å². The first kappa shape index (κ1) is 21.0.